The van der Waals surface area contributed by atoms with Gasteiger partial charge in [0.2, 0.25) is 0 Å². The predicted octanol–water partition coefficient (Wildman–Crippen LogP) is 1.98. The first-order valence-corrected chi connectivity index (χ1v) is 6.25. The van der Waals surface area contributed by atoms with Crippen molar-refractivity contribution in [1.82, 2.24) is 4.57 Å². The van der Waals surface area contributed by atoms with Crippen LogP contribution in [0.4, 0.5) is 0 Å². The van der Waals surface area contributed by atoms with Gasteiger partial charge in [0.05, 0.1) is 0 Å². The molecular formula is C16H11N2OPtS+. The van der Waals surface area contributed by atoms with Crippen molar-refractivity contribution in [3.63, 3.8) is 0 Å². The molecule has 3 aromatic rings. The molecule has 0 radical (unpaired) electrons. The molecule has 0 fully saturated rings. The van der Waals surface area contributed by atoms with Crippen molar-refractivity contribution >= 4 is 19.4 Å². The van der Waals surface area contributed by atoms with E-state index in [4.69, 9.17) is 17.4 Å². The van der Waals surface area contributed by atoms with Crippen molar-refractivity contribution in [3.05, 3.63) is 73.3 Å². The average Bonchev–Trinajstić information content (AvgIpc) is 3.00. The summed E-state index contributed by atoms with van der Waals surface area (Å²) in [6.07, 6.45) is 7.10. The van der Waals surface area contributed by atoms with Gasteiger partial charge in [-0.3, -0.25) is 6.79 Å². The van der Waals surface area contributed by atoms with E-state index in [9.17, 15) is 0 Å². The maximum Gasteiger partial charge on any atom is 4.00 e. The van der Waals surface area contributed by atoms with Gasteiger partial charge in [-0.05, 0) is 5.69 Å². The topological polar surface area (TPSA) is 25.9 Å². The van der Waals surface area contributed by atoms with Gasteiger partial charge in [-0.25, -0.2) is 0 Å². The zero-order chi connectivity index (χ0) is 14.4. The molecule has 1 heterocycles. The molecule has 0 N–H and O–H groups in total. The molecule has 1 aromatic heterocycles. The summed E-state index contributed by atoms with van der Waals surface area (Å²) in [5.74, 6) is 0. The molecule has 21 heavy (non-hydrogen) atoms. The Morgan fingerprint density at radius 3 is 2.48 bits per heavy atom. The van der Waals surface area contributed by atoms with Crippen molar-refractivity contribution in [2.24, 2.45) is 0 Å². The van der Waals surface area contributed by atoms with Crippen LogP contribution >= 0.6 is 0 Å². The molecule has 0 saturated carbocycles. The fraction of sp³-hybridized carbons (Fsp3) is 0. The molecule has 0 aliphatic rings. The molecule has 0 aliphatic heterocycles. The molecule has 0 amide bonds. The van der Waals surface area contributed by atoms with Gasteiger partial charge in [0, 0.05) is 18.1 Å². The fourth-order valence-corrected chi connectivity index (χ4v) is 2.02. The summed E-state index contributed by atoms with van der Waals surface area (Å²) < 4.78 is 3.78. The van der Waals surface area contributed by atoms with Crippen LogP contribution in [0.5, 0.6) is 0 Å². The van der Waals surface area contributed by atoms with Crippen molar-refractivity contribution in [3.8, 4) is 11.4 Å². The second-order valence-corrected chi connectivity index (χ2v) is 4.29. The fourth-order valence-electron chi connectivity index (χ4n) is 1.77. The van der Waals surface area contributed by atoms with Crippen LogP contribution in [-0.4, -0.2) is 11.4 Å². The Bertz CT molecular complexity index is 686. The van der Waals surface area contributed by atoms with Crippen LogP contribution in [0.3, 0.4) is 0 Å². The van der Waals surface area contributed by atoms with Crippen LogP contribution in [0.25, 0.3) is 11.4 Å². The smallest absolute Gasteiger partial charge is 0.784 e. The molecule has 0 saturated heterocycles. The van der Waals surface area contributed by atoms with Crippen molar-refractivity contribution in [1.29, 1.82) is 0 Å². The van der Waals surface area contributed by atoms with Crippen LogP contribution in [0.1, 0.15) is 0 Å². The van der Waals surface area contributed by atoms with E-state index >= 15 is 0 Å². The minimum atomic E-state index is 0. The Hall–Kier alpha value is -1.77. The number of aromatic nitrogens is 2. The Balaban J connectivity index is 0.000000706. The summed E-state index contributed by atoms with van der Waals surface area (Å²) in [6.45, 7) is 3.25. The minimum absolute atomic E-state index is 0. The van der Waals surface area contributed by atoms with Gasteiger partial charge in [-0.1, -0.05) is 24.3 Å². The predicted molar refractivity (Wildman–Crippen MR) is 77.4 cm³/mol. The third-order valence-electron chi connectivity index (χ3n) is 2.66. The molecule has 3 nitrogen and oxygen atoms in total. The molecule has 5 heteroatoms. The van der Waals surface area contributed by atoms with Crippen molar-refractivity contribution in [2.45, 2.75) is 4.90 Å². The molecule has 3 rings (SSSR count). The van der Waals surface area contributed by atoms with E-state index in [0.717, 1.165) is 16.3 Å². The maximum absolute atomic E-state index is 7.75. The minimum Gasteiger partial charge on any atom is -0.784 e. The molecule has 0 atom stereocenters. The van der Waals surface area contributed by atoms with Crippen molar-refractivity contribution in [2.75, 3.05) is 0 Å². The molecule has 0 spiro atoms. The van der Waals surface area contributed by atoms with Gasteiger partial charge in [-0.2, -0.15) is 35.2 Å². The first kappa shape index (κ1) is 17.3. The second kappa shape index (κ2) is 8.50. The summed E-state index contributed by atoms with van der Waals surface area (Å²) in [7, 11) is 0. The first-order valence-electron chi connectivity index (χ1n) is 5.84. The molecule has 0 bridgehead atoms. The van der Waals surface area contributed by atoms with E-state index in [1.54, 1.807) is 0 Å². The van der Waals surface area contributed by atoms with Gasteiger partial charge >= 0.3 is 21.1 Å². The molecule has 106 valence electrons. The van der Waals surface area contributed by atoms with Gasteiger partial charge in [0.25, 0.3) is 6.33 Å². The van der Waals surface area contributed by atoms with E-state index in [0.29, 0.717) is 0 Å². The van der Waals surface area contributed by atoms with Gasteiger partial charge in [0.1, 0.15) is 0 Å². The molecule has 2 aromatic carbocycles. The summed E-state index contributed by atoms with van der Waals surface area (Å²) in [4.78, 5) is 8.56. The number of hydrogen-bond acceptors (Lipinski definition) is 2. The standard InChI is InChI=1S/C15H11N2S.CHO.Pt/c18-15-9-5-4-8-14(15)17-11-10-16(12-17)13-6-2-1-3-7-13;1-2;/h1-6,8-11,18H;1H;/q2*-1;+4/p-1. The van der Waals surface area contributed by atoms with Crippen LogP contribution in [0.15, 0.2) is 65.8 Å². The van der Waals surface area contributed by atoms with Gasteiger partial charge in [0.15, 0.2) is 0 Å². The number of carbonyl (C=O) groups excluding carboxylic acids is 1. The van der Waals surface area contributed by atoms with Crippen molar-refractivity contribution < 1.29 is 30.4 Å². The van der Waals surface area contributed by atoms with E-state index in [1.165, 1.54) is 0 Å². The van der Waals surface area contributed by atoms with Gasteiger partial charge in [-0.15, -0.1) is 0 Å². The summed E-state index contributed by atoms with van der Waals surface area (Å²) >= 11 is 5.30. The summed E-state index contributed by atoms with van der Waals surface area (Å²) in [6, 6.07) is 18.8. The SMILES string of the molecule is [CH-]=O.[Pt+4].[S-]c1ccccc1-[n+]1[c-]n(-c2[c-]cccc2)cc1. The Kier molecular flexibility index (Phi) is 7.00. The number of rotatable bonds is 2. The van der Waals surface area contributed by atoms with Crippen LogP contribution in [-0.2, 0) is 38.5 Å². The number of hydrogen-bond donors (Lipinski definition) is 0. The monoisotopic (exact) mass is 474 g/mol. The Morgan fingerprint density at radius 1 is 1.10 bits per heavy atom. The quantitative estimate of drug-likeness (QED) is 0.246. The Morgan fingerprint density at radius 2 is 1.81 bits per heavy atom. The molecular weight excluding hydrogens is 463 g/mol. The first-order chi connectivity index (χ1) is 9.84. The largest absolute Gasteiger partial charge is 4.00 e. The molecule has 0 aliphatic carbocycles. The second-order valence-electron chi connectivity index (χ2n) is 3.85. The average molecular weight is 474 g/mol. The number of benzene rings is 2. The molecule has 0 unspecified atom stereocenters. The maximum atomic E-state index is 7.75. The summed E-state index contributed by atoms with van der Waals surface area (Å²) in [5.41, 5.74) is 1.92. The van der Waals surface area contributed by atoms with E-state index in [2.05, 4.69) is 19.2 Å². The normalized spacial score (nSPS) is 9.14. The third kappa shape index (κ3) is 4.10. The zero-order valence-electron chi connectivity index (χ0n) is 10.9. The number of nitrogens with zero attached hydrogens (tertiary/aromatic N) is 2. The van der Waals surface area contributed by atoms with Crippen LogP contribution < -0.4 is 4.57 Å². The summed E-state index contributed by atoms with van der Waals surface area (Å²) in [5, 5.41) is 0. The van der Waals surface area contributed by atoms with E-state index < -0.39 is 0 Å². The number of imidazole rings is 1. The van der Waals surface area contributed by atoms with Crippen LogP contribution in [0, 0.1) is 12.4 Å². The van der Waals surface area contributed by atoms with Crippen LogP contribution in [0.2, 0.25) is 0 Å². The zero-order valence-corrected chi connectivity index (χ0v) is 14.0. The van der Waals surface area contributed by atoms with E-state index in [1.807, 2.05) is 70.1 Å². The van der Waals surface area contributed by atoms with E-state index in [-0.39, 0.29) is 21.1 Å². The third-order valence-corrected chi connectivity index (χ3v) is 3.00. The van der Waals surface area contributed by atoms with Gasteiger partial charge < -0.3 is 26.6 Å². The Labute approximate surface area is 143 Å². The number of para-hydroxylation sites is 2.